The van der Waals surface area contributed by atoms with Gasteiger partial charge < -0.3 is 10.1 Å². The highest BCUT2D eigenvalue weighted by Gasteiger charge is 1.98. The van der Waals surface area contributed by atoms with E-state index >= 15 is 0 Å². The maximum Gasteiger partial charge on any atom is 0.214 e. The average molecular weight is 246 g/mol. The SMILES string of the molecule is COc1cccc(CCNc2ccnc(F)c2)c1. The van der Waals surface area contributed by atoms with Gasteiger partial charge in [-0.1, -0.05) is 12.1 Å². The molecule has 0 bridgehead atoms. The zero-order valence-corrected chi connectivity index (χ0v) is 10.2. The smallest absolute Gasteiger partial charge is 0.214 e. The molecule has 0 aliphatic rings. The van der Waals surface area contributed by atoms with Crippen LogP contribution < -0.4 is 10.1 Å². The Morgan fingerprint density at radius 1 is 1.28 bits per heavy atom. The summed E-state index contributed by atoms with van der Waals surface area (Å²) in [6.45, 7) is 0.733. The van der Waals surface area contributed by atoms with Crippen molar-refractivity contribution in [3.63, 3.8) is 0 Å². The topological polar surface area (TPSA) is 34.1 Å². The zero-order valence-electron chi connectivity index (χ0n) is 10.2. The molecular formula is C14H15FN2O. The van der Waals surface area contributed by atoms with E-state index in [1.165, 1.54) is 17.8 Å². The summed E-state index contributed by atoms with van der Waals surface area (Å²) < 4.78 is 18.0. The van der Waals surface area contributed by atoms with Crippen molar-refractivity contribution in [2.75, 3.05) is 19.0 Å². The molecule has 0 aliphatic carbocycles. The normalized spacial score (nSPS) is 10.1. The molecule has 94 valence electrons. The molecule has 0 aliphatic heterocycles. The van der Waals surface area contributed by atoms with E-state index in [2.05, 4.69) is 10.3 Å². The van der Waals surface area contributed by atoms with Gasteiger partial charge in [-0.2, -0.15) is 4.39 Å². The maximum atomic E-state index is 12.8. The highest BCUT2D eigenvalue weighted by atomic mass is 19.1. The molecule has 3 nitrogen and oxygen atoms in total. The number of anilines is 1. The number of benzene rings is 1. The number of nitrogens with one attached hydrogen (secondary N) is 1. The average Bonchev–Trinajstić information content (AvgIpc) is 2.39. The summed E-state index contributed by atoms with van der Waals surface area (Å²) in [6, 6.07) is 11.0. The van der Waals surface area contributed by atoms with E-state index in [9.17, 15) is 4.39 Å². The van der Waals surface area contributed by atoms with Crippen LogP contribution >= 0.6 is 0 Å². The third-order valence-corrected chi connectivity index (χ3v) is 2.60. The Bertz CT molecular complexity index is 517. The van der Waals surface area contributed by atoms with Crippen LogP contribution in [-0.4, -0.2) is 18.6 Å². The van der Waals surface area contributed by atoms with Crippen LogP contribution in [-0.2, 0) is 6.42 Å². The van der Waals surface area contributed by atoms with Gasteiger partial charge in [-0.25, -0.2) is 4.98 Å². The minimum atomic E-state index is -0.471. The molecule has 0 amide bonds. The molecule has 0 saturated heterocycles. The Labute approximate surface area is 106 Å². The third kappa shape index (κ3) is 3.45. The van der Waals surface area contributed by atoms with Crippen molar-refractivity contribution in [2.24, 2.45) is 0 Å². The summed E-state index contributed by atoms with van der Waals surface area (Å²) in [4.78, 5) is 3.51. The number of rotatable bonds is 5. The standard InChI is InChI=1S/C14H15FN2O/c1-18-13-4-2-3-11(9-13)5-7-16-12-6-8-17-14(15)10-12/h2-4,6,8-10H,5,7H2,1H3,(H,16,17). The van der Waals surface area contributed by atoms with Gasteiger partial charge in [-0.15, -0.1) is 0 Å². The summed E-state index contributed by atoms with van der Waals surface area (Å²) in [7, 11) is 1.65. The molecule has 1 aromatic heterocycles. The number of halogens is 1. The Morgan fingerprint density at radius 3 is 2.94 bits per heavy atom. The van der Waals surface area contributed by atoms with E-state index < -0.39 is 5.95 Å². The van der Waals surface area contributed by atoms with Crippen LogP contribution in [0.3, 0.4) is 0 Å². The van der Waals surface area contributed by atoms with E-state index in [1.54, 1.807) is 13.2 Å². The molecular weight excluding hydrogens is 231 g/mol. The van der Waals surface area contributed by atoms with Gasteiger partial charge in [0.2, 0.25) is 5.95 Å². The molecule has 1 heterocycles. The minimum Gasteiger partial charge on any atom is -0.497 e. The van der Waals surface area contributed by atoms with Gasteiger partial charge in [0.1, 0.15) is 5.75 Å². The second-order valence-corrected chi connectivity index (χ2v) is 3.90. The van der Waals surface area contributed by atoms with Crippen molar-refractivity contribution in [2.45, 2.75) is 6.42 Å². The predicted molar refractivity (Wildman–Crippen MR) is 69.4 cm³/mol. The Kier molecular flexibility index (Phi) is 4.12. The first kappa shape index (κ1) is 12.4. The Morgan fingerprint density at radius 2 is 2.17 bits per heavy atom. The van der Waals surface area contributed by atoms with Gasteiger partial charge in [0, 0.05) is 24.5 Å². The highest BCUT2D eigenvalue weighted by molar-refractivity contribution is 5.41. The first-order chi connectivity index (χ1) is 8.78. The fourth-order valence-corrected chi connectivity index (χ4v) is 1.69. The molecule has 4 heteroatoms. The second-order valence-electron chi connectivity index (χ2n) is 3.90. The lowest BCUT2D eigenvalue weighted by molar-refractivity contribution is 0.414. The summed E-state index contributed by atoms with van der Waals surface area (Å²) in [5.41, 5.74) is 1.92. The molecule has 0 saturated carbocycles. The fourth-order valence-electron chi connectivity index (χ4n) is 1.69. The number of pyridine rings is 1. The molecule has 0 radical (unpaired) electrons. The molecule has 0 atom stereocenters. The lowest BCUT2D eigenvalue weighted by Gasteiger charge is -2.07. The third-order valence-electron chi connectivity index (χ3n) is 2.60. The number of hydrogen-bond acceptors (Lipinski definition) is 3. The van der Waals surface area contributed by atoms with Crippen LogP contribution in [0.4, 0.5) is 10.1 Å². The number of hydrogen-bond donors (Lipinski definition) is 1. The molecule has 0 spiro atoms. The molecule has 18 heavy (non-hydrogen) atoms. The van der Waals surface area contributed by atoms with Crippen LogP contribution in [0.15, 0.2) is 42.6 Å². The second kappa shape index (κ2) is 6.00. The van der Waals surface area contributed by atoms with E-state index in [1.807, 2.05) is 24.3 Å². The van der Waals surface area contributed by atoms with Gasteiger partial charge in [-0.05, 0) is 30.2 Å². The van der Waals surface area contributed by atoms with Crippen molar-refractivity contribution in [1.29, 1.82) is 0 Å². The summed E-state index contributed by atoms with van der Waals surface area (Å²) in [5, 5.41) is 3.15. The monoisotopic (exact) mass is 246 g/mol. The molecule has 0 unspecified atom stereocenters. The quantitative estimate of drug-likeness (QED) is 0.824. The van der Waals surface area contributed by atoms with Gasteiger partial charge in [-0.3, -0.25) is 0 Å². The lowest BCUT2D eigenvalue weighted by Crippen LogP contribution is -2.05. The number of methoxy groups -OCH3 is 1. The van der Waals surface area contributed by atoms with Gasteiger partial charge in [0.15, 0.2) is 0 Å². The number of aromatic nitrogens is 1. The van der Waals surface area contributed by atoms with Crippen molar-refractivity contribution in [3.05, 3.63) is 54.1 Å². The molecule has 1 N–H and O–H groups in total. The van der Waals surface area contributed by atoms with E-state index in [4.69, 9.17) is 4.74 Å². The van der Waals surface area contributed by atoms with Crippen LogP contribution in [0.5, 0.6) is 5.75 Å². The summed E-state index contributed by atoms with van der Waals surface area (Å²) in [6.07, 6.45) is 2.30. The molecule has 2 rings (SSSR count). The lowest BCUT2D eigenvalue weighted by atomic mass is 10.1. The maximum absolute atomic E-state index is 12.8. The summed E-state index contributed by atoms with van der Waals surface area (Å²) in [5.74, 6) is 0.379. The first-order valence-electron chi connectivity index (χ1n) is 5.76. The molecule has 2 aromatic rings. The van der Waals surface area contributed by atoms with Gasteiger partial charge in [0.25, 0.3) is 0 Å². The van der Waals surface area contributed by atoms with Crippen LogP contribution in [0.2, 0.25) is 0 Å². The largest absolute Gasteiger partial charge is 0.497 e. The number of nitrogens with zero attached hydrogens (tertiary/aromatic N) is 1. The highest BCUT2D eigenvalue weighted by Crippen LogP contribution is 2.13. The van der Waals surface area contributed by atoms with Crippen LogP contribution in [0.25, 0.3) is 0 Å². The molecule has 1 aromatic carbocycles. The fraction of sp³-hybridized carbons (Fsp3) is 0.214. The first-order valence-corrected chi connectivity index (χ1v) is 5.76. The predicted octanol–water partition coefficient (Wildman–Crippen LogP) is 2.88. The van der Waals surface area contributed by atoms with Crippen molar-refractivity contribution < 1.29 is 9.13 Å². The van der Waals surface area contributed by atoms with Crippen molar-refractivity contribution >= 4 is 5.69 Å². The van der Waals surface area contributed by atoms with Gasteiger partial charge >= 0.3 is 0 Å². The van der Waals surface area contributed by atoms with Crippen molar-refractivity contribution in [3.8, 4) is 5.75 Å². The van der Waals surface area contributed by atoms with Crippen LogP contribution in [0.1, 0.15) is 5.56 Å². The van der Waals surface area contributed by atoms with E-state index in [-0.39, 0.29) is 0 Å². The summed E-state index contributed by atoms with van der Waals surface area (Å²) >= 11 is 0. The van der Waals surface area contributed by atoms with Gasteiger partial charge in [0.05, 0.1) is 7.11 Å². The van der Waals surface area contributed by atoms with E-state index in [0.29, 0.717) is 0 Å². The van der Waals surface area contributed by atoms with Crippen molar-refractivity contribution in [1.82, 2.24) is 4.98 Å². The molecule has 0 fully saturated rings. The Hall–Kier alpha value is -2.10. The Balaban J connectivity index is 1.88. The zero-order chi connectivity index (χ0) is 12.8. The number of ether oxygens (including phenoxy) is 1. The minimum absolute atomic E-state index is 0.471. The van der Waals surface area contributed by atoms with Crippen LogP contribution in [0, 0.1) is 5.95 Å². The van der Waals surface area contributed by atoms with E-state index in [0.717, 1.165) is 24.4 Å².